The number of hydrazine groups is 1. The molecule has 0 aliphatic rings. The molecule has 180 valence electrons. The maximum atomic E-state index is 13.0. The third-order valence-electron chi connectivity index (χ3n) is 4.99. The van der Waals surface area contributed by atoms with Crippen LogP contribution in [0.2, 0.25) is 0 Å². The molecule has 0 aromatic rings. The lowest BCUT2D eigenvalue weighted by molar-refractivity contribution is -0.135. The standard InChI is InChI=1S/C21H42N6O4/c1-15(24-16(2)29)20(31)19(11-7-9-13-23)25-21(4,5)27(26-17(3)30)18(14-28)10-6-8-12-22/h14-15,18-19,25H,6-13,22-23H2,1-5H3,(H,24,29)(H,26,30)/t15?,18-,19-/m0/s1. The zero-order valence-electron chi connectivity index (χ0n) is 19.7. The van der Waals surface area contributed by atoms with Gasteiger partial charge in [0, 0.05) is 13.8 Å². The number of carbonyl (C=O) groups is 4. The quantitative estimate of drug-likeness (QED) is 0.0907. The minimum Gasteiger partial charge on any atom is -0.347 e. The molecule has 0 saturated carbocycles. The van der Waals surface area contributed by atoms with E-state index in [9.17, 15) is 19.2 Å². The molecule has 0 aromatic carbocycles. The molecule has 2 amide bonds. The van der Waals surface area contributed by atoms with Crippen molar-refractivity contribution in [3.8, 4) is 0 Å². The molecule has 0 spiro atoms. The number of hydrogen-bond acceptors (Lipinski definition) is 8. The molecule has 0 rings (SSSR count). The van der Waals surface area contributed by atoms with Crippen LogP contribution < -0.4 is 27.5 Å². The molecule has 0 radical (unpaired) electrons. The Bertz CT molecular complexity index is 584. The Kier molecular flexibility index (Phi) is 14.1. The highest BCUT2D eigenvalue weighted by molar-refractivity contribution is 5.92. The van der Waals surface area contributed by atoms with Crippen LogP contribution in [0.5, 0.6) is 0 Å². The number of nitrogens with zero attached hydrogens (tertiary/aromatic N) is 1. The van der Waals surface area contributed by atoms with E-state index in [2.05, 4.69) is 16.1 Å². The van der Waals surface area contributed by atoms with Gasteiger partial charge < -0.3 is 21.6 Å². The zero-order chi connectivity index (χ0) is 24.0. The fourth-order valence-electron chi connectivity index (χ4n) is 3.51. The molecular formula is C21H42N6O4. The average Bonchev–Trinajstić information content (AvgIpc) is 2.68. The van der Waals surface area contributed by atoms with Crippen LogP contribution in [-0.2, 0) is 19.2 Å². The van der Waals surface area contributed by atoms with Gasteiger partial charge in [-0.3, -0.25) is 25.1 Å². The highest BCUT2D eigenvalue weighted by Gasteiger charge is 2.37. The Morgan fingerprint density at radius 3 is 1.97 bits per heavy atom. The van der Waals surface area contributed by atoms with Gasteiger partial charge in [0.2, 0.25) is 11.8 Å². The molecule has 0 aliphatic heterocycles. The Balaban J connectivity index is 5.69. The SMILES string of the molecule is CC(=O)NC(C)C(=O)[C@H](CCCCN)NC(C)(C)N(NC(C)=O)[C@H](C=O)CCCCN. The topological polar surface area (TPSA) is 160 Å². The Morgan fingerprint density at radius 1 is 0.968 bits per heavy atom. The summed E-state index contributed by atoms with van der Waals surface area (Å²) < 4.78 is 0. The van der Waals surface area contributed by atoms with Crippen molar-refractivity contribution in [1.82, 2.24) is 21.1 Å². The summed E-state index contributed by atoms with van der Waals surface area (Å²) in [7, 11) is 0. The number of carbonyl (C=O) groups excluding carboxylic acids is 4. The molecule has 7 N–H and O–H groups in total. The van der Waals surface area contributed by atoms with Gasteiger partial charge in [0.15, 0.2) is 5.78 Å². The molecule has 3 atom stereocenters. The van der Waals surface area contributed by atoms with Gasteiger partial charge in [-0.2, -0.15) is 5.01 Å². The van der Waals surface area contributed by atoms with Gasteiger partial charge in [-0.15, -0.1) is 0 Å². The zero-order valence-corrected chi connectivity index (χ0v) is 19.7. The highest BCUT2D eigenvalue weighted by atomic mass is 16.2. The van der Waals surface area contributed by atoms with E-state index in [0.29, 0.717) is 25.9 Å². The third kappa shape index (κ3) is 11.3. The molecule has 1 unspecified atom stereocenters. The number of aldehydes is 1. The molecule has 31 heavy (non-hydrogen) atoms. The molecule has 10 nitrogen and oxygen atoms in total. The number of nitrogens with two attached hydrogens (primary N) is 2. The molecule has 0 bridgehead atoms. The maximum absolute atomic E-state index is 13.0. The van der Waals surface area contributed by atoms with Gasteiger partial charge >= 0.3 is 0 Å². The number of Topliss-reactive ketones (excluding diaryl/α,β-unsaturated/α-hetero) is 1. The number of nitrogens with one attached hydrogen (secondary N) is 3. The van der Waals surface area contributed by atoms with Crippen molar-refractivity contribution in [2.75, 3.05) is 13.1 Å². The van der Waals surface area contributed by atoms with Gasteiger partial charge in [-0.25, -0.2) is 0 Å². The monoisotopic (exact) mass is 442 g/mol. The molecule has 0 aromatic heterocycles. The van der Waals surface area contributed by atoms with Gasteiger partial charge in [0.1, 0.15) is 6.29 Å². The molecule has 0 fully saturated rings. The van der Waals surface area contributed by atoms with Crippen LogP contribution in [0.25, 0.3) is 0 Å². The third-order valence-corrected chi connectivity index (χ3v) is 4.99. The fraction of sp³-hybridized carbons (Fsp3) is 0.810. The normalized spacial score (nSPS) is 14.6. The molecule has 0 saturated heterocycles. The first-order chi connectivity index (χ1) is 14.5. The number of ketones is 1. The summed E-state index contributed by atoms with van der Waals surface area (Å²) in [5.74, 6) is -0.784. The van der Waals surface area contributed by atoms with Crippen molar-refractivity contribution < 1.29 is 19.2 Å². The van der Waals surface area contributed by atoms with E-state index in [1.54, 1.807) is 25.8 Å². The molecule has 10 heteroatoms. The summed E-state index contributed by atoms with van der Waals surface area (Å²) >= 11 is 0. The van der Waals surface area contributed by atoms with Gasteiger partial charge in [-0.05, 0) is 59.5 Å². The van der Waals surface area contributed by atoms with E-state index in [4.69, 9.17) is 11.5 Å². The Hall–Kier alpha value is -1.88. The van der Waals surface area contributed by atoms with Crippen molar-refractivity contribution in [2.24, 2.45) is 11.5 Å². The smallest absolute Gasteiger partial charge is 0.231 e. The lowest BCUT2D eigenvalue weighted by Crippen LogP contribution is -2.68. The van der Waals surface area contributed by atoms with E-state index in [1.807, 2.05) is 0 Å². The Morgan fingerprint density at radius 2 is 1.52 bits per heavy atom. The van der Waals surface area contributed by atoms with Crippen LogP contribution in [-0.4, -0.2) is 65.8 Å². The lowest BCUT2D eigenvalue weighted by atomic mass is 9.97. The number of hydrogen-bond donors (Lipinski definition) is 5. The van der Waals surface area contributed by atoms with E-state index >= 15 is 0 Å². The van der Waals surface area contributed by atoms with Crippen molar-refractivity contribution in [1.29, 1.82) is 0 Å². The summed E-state index contributed by atoms with van der Waals surface area (Å²) in [4.78, 5) is 48.2. The van der Waals surface area contributed by atoms with Crippen molar-refractivity contribution in [3.05, 3.63) is 0 Å². The maximum Gasteiger partial charge on any atom is 0.231 e. The van der Waals surface area contributed by atoms with E-state index in [1.165, 1.54) is 13.8 Å². The van der Waals surface area contributed by atoms with E-state index < -0.39 is 23.8 Å². The van der Waals surface area contributed by atoms with Crippen LogP contribution in [0.3, 0.4) is 0 Å². The summed E-state index contributed by atoms with van der Waals surface area (Å²) in [6.07, 6.45) is 4.78. The molecular weight excluding hydrogens is 400 g/mol. The van der Waals surface area contributed by atoms with Crippen LogP contribution in [0.15, 0.2) is 0 Å². The van der Waals surface area contributed by atoms with Crippen molar-refractivity contribution in [3.63, 3.8) is 0 Å². The second-order valence-electron chi connectivity index (χ2n) is 8.39. The summed E-state index contributed by atoms with van der Waals surface area (Å²) in [6, 6.07) is -1.87. The number of rotatable bonds is 17. The first-order valence-electron chi connectivity index (χ1n) is 11.0. The second-order valence-corrected chi connectivity index (χ2v) is 8.39. The van der Waals surface area contributed by atoms with E-state index in [-0.39, 0.29) is 17.6 Å². The van der Waals surface area contributed by atoms with Gasteiger partial charge in [0.25, 0.3) is 0 Å². The number of unbranched alkanes of at least 4 members (excludes halogenated alkanes) is 2. The predicted octanol–water partition coefficient (Wildman–Crippen LogP) is -0.0470. The first-order valence-corrected chi connectivity index (χ1v) is 11.0. The van der Waals surface area contributed by atoms with Crippen LogP contribution >= 0.6 is 0 Å². The predicted molar refractivity (Wildman–Crippen MR) is 121 cm³/mol. The summed E-state index contributed by atoms with van der Waals surface area (Å²) in [5.41, 5.74) is 13.0. The Labute approximate surface area is 186 Å². The van der Waals surface area contributed by atoms with Crippen molar-refractivity contribution >= 4 is 23.9 Å². The van der Waals surface area contributed by atoms with Crippen LogP contribution in [0.1, 0.15) is 73.1 Å². The molecule has 0 heterocycles. The fourth-order valence-corrected chi connectivity index (χ4v) is 3.51. The number of amides is 2. The summed E-state index contributed by atoms with van der Waals surface area (Å²) in [6.45, 7) is 9.00. The summed E-state index contributed by atoms with van der Waals surface area (Å²) in [5, 5.41) is 7.49. The van der Waals surface area contributed by atoms with Gasteiger partial charge in [0.05, 0.1) is 23.8 Å². The van der Waals surface area contributed by atoms with Crippen LogP contribution in [0, 0.1) is 0 Å². The minimum atomic E-state index is -0.932. The van der Waals surface area contributed by atoms with Crippen molar-refractivity contribution in [2.45, 2.75) is 96.9 Å². The van der Waals surface area contributed by atoms with Crippen LogP contribution in [0.4, 0.5) is 0 Å². The largest absolute Gasteiger partial charge is 0.347 e. The molecule has 0 aliphatic carbocycles. The average molecular weight is 443 g/mol. The highest BCUT2D eigenvalue weighted by Crippen LogP contribution is 2.18. The van der Waals surface area contributed by atoms with E-state index in [0.717, 1.165) is 32.0 Å². The van der Waals surface area contributed by atoms with Gasteiger partial charge in [-0.1, -0.05) is 12.8 Å². The lowest BCUT2D eigenvalue weighted by Gasteiger charge is -2.44. The first kappa shape index (κ1) is 29.1. The minimum absolute atomic E-state index is 0.172. The second kappa shape index (κ2) is 15.0.